The molecule has 2 aliphatic rings. The first kappa shape index (κ1) is 15.4. The molecular weight excluding hydrogens is 307 g/mol. The summed E-state index contributed by atoms with van der Waals surface area (Å²) in [5, 5.41) is 0. The average molecular weight is 326 g/mol. The Morgan fingerprint density at radius 2 is 1.86 bits per heavy atom. The number of rotatable bonds is 2. The lowest BCUT2D eigenvalue weighted by molar-refractivity contribution is -0.128. The average Bonchev–Trinajstić information content (AvgIpc) is 3.08. The summed E-state index contributed by atoms with van der Waals surface area (Å²) in [5.74, 6) is -0.701. The topological polar surface area (TPSA) is 57.7 Å². The van der Waals surface area contributed by atoms with Gasteiger partial charge in [-0.15, -0.1) is 0 Å². The van der Waals surface area contributed by atoms with Gasteiger partial charge in [0.05, 0.1) is 0 Å². The maximum Gasteiger partial charge on any atom is 0.246 e. The molecule has 0 aromatic heterocycles. The normalized spacial score (nSPS) is 26.0. The lowest BCUT2D eigenvalue weighted by atomic mass is 9.87. The lowest BCUT2D eigenvalue weighted by Gasteiger charge is -2.24. The third kappa shape index (κ3) is 2.52. The van der Waals surface area contributed by atoms with Gasteiger partial charge in [-0.3, -0.25) is 4.79 Å². The van der Waals surface area contributed by atoms with Crippen LogP contribution in [0.4, 0.5) is 4.39 Å². The molecule has 2 fully saturated rings. The number of amides is 1. The van der Waals surface area contributed by atoms with Crippen LogP contribution in [0.25, 0.3) is 0 Å². The summed E-state index contributed by atoms with van der Waals surface area (Å²) >= 11 is 0. The van der Waals surface area contributed by atoms with Crippen LogP contribution >= 0.6 is 0 Å². The summed E-state index contributed by atoms with van der Waals surface area (Å²) in [5.41, 5.74) is -0.177. The molecule has 2 saturated heterocycles. The summed E-state index contributed by atoms with van der Waals surface area (Å²) in [6.07, 6.45) is 1.51. The summed E-state index contributed by atoms with van der Waals surface area (Å²) in [7, 11) is -3.82. The molecule has 1 spiro atoms. The molecule has 0 aliphatic carbocycles. The largest absolute Gasteiger partial charge is 0.342 e. The Kier molecular flexibility index (Phi) is 3.72. The molecule has 2 heterocycles. The van der Waals surface area contributed by atoms with Crippen LogP contribution in [0.15, 0.2) is 29.2 Å². The van der Waals surface area contributed by atoms with Crippen molar-refractivity contribution in [3.63, 3.8) is 0 Å². The van der Waals surface area contributed by atoms with Crippen molar-refractivity contribution in [3.05, 3.63) is 30.1 Å². The van der Waals surface area contributed by atoms with E-state index in [1.54, 1.807) is 4.90 Å². The smallest absolute Gasteiger partial charge is 0.246 e. The van der Waals surface area contributed by atoms with Gasteiger partial charge in [-0.1, -0.05) is 12.1 Å². The van der Waals surface area contributed by atoms with Gasteiger partial charge in [-0.05, 0) is 25.0 Å². The molecule has 7 heteroatoms. The predicted molar refractivity (Wildman–Crippen MR) is 79.1 cm³/mol. The highest BCUT2D eigenvalue weighted by Crippen LogP contribution is 2.41. The summed E-state index contributed by atoms with van der Waals surface area (Å²) in [6, 6.07) is 5.45. The Hall–Kier alpha value is -1.47. The van der Waals surface area contributed by atoms with Gasteiger partial charge >= 0.3 is 0 Å². The van der Waals surface area contributed by atoms with Crippen molar-refractivity contribution in [1.29, 1.82) is 0 Å². The van der Waals surface area contributed by atoms with Crippen molar-refractivity contribution >= 4 is 15.9 Å². The van der Waals surface area contributed by atoms with Crippen LogP contribution in [0.3, 0.4) is 0 Å². The third-order valence-corrected chi connectivity index (χ3v) is 6.62. The highest BCUT2D eigenvalue weighted by molar-refractivity contribution is 7.89. The van der Waals surface area contributed by atoms with Crippen LogP contribution in [-0.2, 0) is 14.8 Å². The number of likely N-dealkylation sites (tertiary alicyclic amines) is 1. The fourth-order valence-corrected chi connectivity index (χ4v) is 5.05. The minimum absolute atomic E-state index is 0.0206. The van der Waals surface area contributed by atoms with Crippen LogP contribution in [0, 0.1) is 11.2 Å². The fourth-order valence-electron chi connectivity index (χ4n) is 3.43. The molecule has 5 nitrogen and oxygen atoms in total. The van der Waals surface area contributed by atoms with E-state index in [-0.39, 0.29) is 16.2 Å². The van der Waals surface area contributed by atoms with Gasteiger partial charge in [-0.25, -0.2) is 12.8 Å². The zero-order chi connectivity index (χ0) is 16.0. The maximum atomic E-state index is 13.8. The van der Waals surface area contributed by atoms with Crippen molar-refractivity contribution in [2.45, 2.75) is 24.7 Å². The van der Waals surface area contributed by atoms with Gasteiger partial charge in [0.1, 0.15) is 10.7 Å². The van der Waals surface area contributed by atoms with Gasteiger partial charge in [0, 0.05) is 38.5 Å². The van der Waals surface area contributed by atoms with Crippen LogP contribution in [0.2, 0.25) is 0 Å². The van der Waals surface area contributed by atoms with Gasteiger partial charge in [0.25, 0.3) is 0 Å². The Balaban J connectivity index is 1.81. The Morgan fingerprint density at radius 1 is 1.18 bits per heavy atom. The van der Waals surface area contributed by atoms with Gasteiger partial charge in [0.15, 0.2) is 0 Å². The van der Waals surface area contributed by atoms with E-state index in [2.05, 4.69) is 0 Å². The Bertz CT molecular complexity index is 706. The van der Waals surface area contributed by atoms with Crippen molar-refractivity contribution in [1.82, 2.24) is 9.21 Å². The molecule has 0 bridgehead atoms. The molecule has 0 saturated carbocycles. The number of carbonyl (C=O) groups excluding carboxylic acids is 1. The van der Waals surface area contributed by atoms with E-state index < -0.39 is 15.8 Å². The van der Waals surface area contributed by atoms with E-state index in [0.717, 1.165) is 12.5 Å². The van der Waals surface area contributed by atoms with Gasteiger partial charge < -0.3 is 4.90 Å². The molecule has 0 radical (unpaired) electrons. The molecule has 1 atom stereocenters. The standard InChI is InChI=1S/C15H19FN2O3S/c1-12(19)17-8-6-15(10-17)7-9-18(11-15)22(20,21)14-5-3-2-4-13(14)16/h2-5H,6-11H2,1H3/t15-/m1/s1. The van der Waals surface area contributed by atoms with Crippen LogP contribution in [-0.4, -0.2) is 49.7 Å². The quantitative estimate of drug-likeness (QED) is 0.827. The Labute approximate surface area is 129 Å². The first-order valence-corrected chi connectivity index (χ1v) is 8.78. The minimum Gasteiger partial charge on any atom is -0.342 e. The predicted octanol–water partition coefficient (Wildman–Crippen LogP) is 1.46. The van der Waals surface area contributed by atoms with Gasteiger partial charge in [-0.2, -0.15) is 4.31 Å². The molecule has 1 amide bonds. The molecule has 0 unspecified atom stereocenters. The number of sulfonamides is 1. The van der Waals surface area contributed by atoms with Crippen LogP contribution in [0.1, 0.15) is 19.8 Å². The maximum absolute atomic E-state index is 13.8. The molecule has 3 rings (SSSR count). The highest BCUT2D eigenvalue weighted by Gasteiger charge is 2.47. The number of hydrogen-bond acceptors (Lipinski definition) is 3. The summed E-state index contributed by atoms with van der Waals surface area (Å²) in [6.45, 7) is 3.52. The van der Waals surface area contributed by atoms with E-state index in [9.17, 15) is 17.6 Å². The summed E-state index contributed by atoms with van der Waals surface area (Å²) in [4.78, 5) is 13.0. The van der Waals surface area contributed by atoms with E-state index in [0.29, 0.717) is 32.6 Å². The first-order valence-electron chi connectivity index (χ1n) is 7.34. The second kappa shape index (κ2) is 5.31. The lowest BCUT2D eigenvalue weighted by Crippen LogP contribution is -2.35. The number of carbonyl (C=O) groups is 1. The fraction of sp³-hybridized carbons (Fsp3) is 0.533. The zero-order valence-electron chi connectivity index (χ0n) is 12.5. The van der Waals surface area contributed by atoms with Crippen molar-refractivity contribution < 1.29 is 17.6 Å². The second-order valence-corrected chi connectivity index (χ2v) is 8.12. The Morgan fingerprint density at radius 3 is 2.50 bits per heavy atom. The van der Waals surface area contributed by atoms with Crippen molar-refractivity contribution in [2.75, 3.05) is 26.2 Å². The van der Waals surface area contributed by atoms with E-state index in [4.69, 9.17) is 0 Å². The minimum atomic E-state index is -3.82. The van der Waals surface area contributed by atoms with E-state index >= 15 is 0 Å². The monoisotopic (exact) mass is 326 g/mol. The first-order chi connectivity index (χ1) is 10.3. The molecule has 0 N–H and O–H groups in total. The molecule has 1 aromatic carbocycles. The van der Waals surface area contributed by atoms with Crippen LogP contribution in [0.5, 0.6) is 0 Å². The van der Waals surface area contributed by atoms with Crippen LogP contribution < -0.4 is 0 Å². The molecule has 1 aromatic rings. The van der Waals surface area contributed by atoms with Crippen molar-refractivity contribution in [2.24, 2.45) is 5.41 Å². The second-order valence-electron chi connectivity index (χ2n) is 6.21. The van der Waals surface area contributed by atoms with Crippen molar-refractivity contribution in [3.8, 4) is 0 Å². The van der Waals surface area contributed by atoms with Gasteiger partial charge in [0.2, 0.25) is 15.9 Å². The molecular formula is C15H19FN2O3S. The molecule has 2 aliphatic heterocycles. The van der Waals surface area contributed by atoms with E-state index in [1.807, 2.05) is 0 Å². The molecule has 22 heavy (non-hydrogen) atoms. The SMILES string of the molecule is CC(=O)N1CC[C@@]2(CCN(S(=O)(=O)c3ccccc3F)C2)C1. The summed E-state index contributed by atoms with van der Waals surface area (Å²) < 4.78 is 40.4. The number of hydrogen-bond donors (Lipinski definition) is 0. The third-order valence-electron chi connectivity index (χ3n) is 4.74. The number of halogens is 1. The zero-order valence-corrected chi connectivity index (χ0v) is 13.3. The molecule has 120 valence electrons. The highest BCUT2D eigenvalue weighted by atomic mass is 32.2. The van der Waals surface area contributed by atoms with E-state index in [1.165, 1.54) is 29.4 Å². The number of benzene rings is 1. The number of nitrogens with zero attached hydrogens (tertiary/aromatic N) is 2.